The number of nitrogens with zero attached hydrogens (tertiary/aromatic N) is 5. The first-order chi connectivity index (χ1) is 21.9. The van der Waals surface area contributed by atoms with Gasteiger partial charge in [-0.1, -0.05) is 19.1 Å². The topological polar surface area (TPSA) is 94.6 Å². The fourth-order valence-electron chi connectivity index (χ4n) is 7.78. The average Bonchev–Trinajstić information content (AvgIpc) is 3.47. The van der Waals surface area contributed by atoms with Crippen molar-refractivity contribution in [2.24, 2.45) is 24.8 Å². The summed E-state index contributed by atoms with van der Waals surface area (Å²) in [4.78, 5) is 26.2. The van der Waals surface area contributed by atoms with Gasteiger partial charge < -0.3 is 28.6 Å². The van der Waals surface area contributed by atoms with E-state index in [0.29, 0.717) is 40.9 Å². The number of aryl methyl sites for hydroxylation is 1. The molecule has 9 nitrogen and oxygen atoms in total. The summed E-state index contributed by atoms with van der Waals surface area (Å²) in [7, 11) is 5.29. The van der Waals surface area contributed by atoms with Crippen molar-refractivity contribution in [1.29, 1.82) is 0 Å². The maximum atomic E-state index is 13.8. The van der Waals surface area contributed by atoms with Gasteiger partial charge in [0, 0.05) is 48.3 Å². The van der Waals surface area contributed by atoms with Crippen LogP contribution in [0, 0.1) is 17.8 Å². The van der Waals surface area contributed by atoms with Gasteiger partial charge in [0.1, 0.15) is 22.7 Å². The van der Waals surface area contributed by atoms with Crippen LogP contribution in [0.25, 0.3) is 44.8 Å². The van der Waals surface area contributed by atoms with Crippen molar-refractivity contribution in [3.8, 4) is 34.3 Å². The van der Waals surface area contributed by atoms with Crippen molar-refractivity contribution in [3.05, 3.63) is 59.7 Å². The molecule has 1 aliphatic heterocycles. The van der Waals surface area contributed by atoms with Gasteiger partial charge in [0.15, 0.2) is 5.82 Å². The summed E-state index contributed by atoms with van der Waals surface area (Å²) >= 11 is 0. The van der Waals surface area contributed by atoms with Crippen LogP contribution < -0.4 is 9.47 Å². The predicted octanol–water partition coefficient (Wildman–Crippen LogP) is 6.05. The van der Waals surface area contributed by atoms with Crippen molar-refractivity contribution in [1.82, 2.24) is 24.0 Å². The molecular formula is C36H39N5O4. The number of aliphatic hydroxyl groups is 1. The SMILES string of the molecule is COc1cc(-c2ccc3cc(-c4nc5cc(C(=O)N6CC7CCC6[C@@H]7C)cc(OC)c5n4C)n(CC4CC4)c3n2)ccc1CO. The molecule has 2 saturated carbocycles. The number of imidazole rings is 1. The molecule has 4 heterocycles. The molecule has 3 atom stereocenters. The Morgan fingerprint density at radius 1 is 0.978 bits per heavy atom. The lowest BCUT2D eigenvalue weighted by atomic mass is 10.0. The van der Waals surface area contributed by atoms with Gasteiger partial charge in [0.25, 0.3) is 5.91 Å². The van der Waals surface area contributed by atoms with Gasteiger partial charge in [-0.15, -0.1) is 0 Å². The number of amides is 1. The Morgan fingerprint density at radius 3 is 2.49 bits per heavy atom. The zero-order valence-electron chi connectivity index (χ0n) is 26.3. The number of pyridine rings is 1. The maximum absolute atomic E-state index is 13.8. The highest BCUT2D eigenvalue weighted by Gasteiger charge is 2.46. The van der Waals surface area contributed by atoms with Gasteiger partial charge in [-0.3, -0.25) is 4.79 Å². The number of ether oxygens (including phenoxy) is 2. The lowest BCUT2D eigenvalue weighted by Gasteiger charge is -2.27. The quantitative estimate of drug-likeness (QED) is 0.232. The van der Waals surface area contributed by atoms with E-state index in [1.54, 1.807) is 14.2 Å². The van der Waals surface area contributed by atoms with E-state index in [2.05, 4.69) is 33.1 Å². The highest BCUT2D eigenvalue weighted by molar-refractivity contribution is 6.00. The number of aliphatic hydroxyl groups excluding tert-OH is 1. The highest BCUT2D eigenvalue weighted by atomic mass is 16.5. The first-order valence-electron chi connectivity index (χ1n) is 16.0. The first-order valence-corrected chi connectivity index (χ1v) is 16.0. The molecule has 2 unspecified atom stereocenters. The van der Waals surface area contributed by atoms with Crippen LogP contribution in [-0.4, -0.2) is 61.8 Å². The second-order valence-corrected chi connectivity index (χ2v) is 13.1. The van der Waals surface area contributed by atoms with Crippen LogP contribution in [0.3, 0.4) is 0 Å². The van der Waals surface area contributed by atoms with Gasteiger partial charge in [-0.05, 0) is 79.8 Å². The summed E-state index contributed by atoms with van der Waals surface area (Å²) < 4.78 is 15.8. The van der Waals surface area contributed by atoms with E-state index >= 15 is 0 Å². The molecule has 1 N–H and O–H groups in total. The monoisotopic (exact) mass is 605 g/mol. The number of hydrogen-bond donors (Lipinski definition) is 1. The minimum absolute atomic E-state index is 0.0738. The van der Waals surface area contributed by atoms with Gasteiger partial charge >= 0.3 is 0 Å². The van der Waals surface area contributed by atoms with E-state index in [1.807, 2.05) is 43.4 Å². The van der Waals surface area contributed by atoms with Crippen LogP contribution in [0.15, 0.2) is 48.5 Å². The van der Waals surface area contributed by atoms with E-state index in [1.165, 1.54) is 19.3 Å². The number of methoxy groups -OCH3 is 2. The largest absolute Gasteiger partial charge is 0.496 e. The summed E-state index contributed by atoms with van der Waals surface area (Å²) in [6, 6.07) is 16.3. The molecule has 45 heavy (non-hydrogen) atoms. The molecule has 5 aromatic rings. The molecule has 232 valence electrons. The van der Waals surface area contributed by atoms with E-state index in [-0.39, 0.29) is 12.5 Å². The average molecular weight is 606 g/mol. The molecule has 9 heteroatoms. The summed E-state index contributed by atoms with van der Waals surface area (Å²) in [6.07, 6.45) is 4.72. The van der Waals surface area contributed by atoms with Crippen molar-refractivity contribution < 1.29 is 19.4 Å². The molecule has 8 rings (SSSR count). The molecule has 1 amide bonds. The number of likely N-dealkylation sites (tertiary alicyclic amines) is 1. The van der Waals surface area contributed by atoms with Crippen LogP contribution >= 0.6 is 0 Å². The van der Waals surface area contributed by atoms with E-state index in [9.17, 15) is 9.90 Å². The third kappa shape index (κ3) is 4.50. The Labute approximate surface area is 262 Å². The molecule has 1 saturated heterocycles. The van der Waals surface area contributed by atoms with Gasteiger partial charge in [0.05, 0.1) is 37.7 Å². The molecule has 3 aliphatic rings. The van der Waals surface area contributed by atoms with E-state index < -0.39 is 0 Å². The predicted molar refractivity (Wildman–Crippen MR) is 173 cm³/mol. The number of benzene rings is 2. The van der Waals surface area contributed by atoms with Crippen LogP contribution in [0.2, 0.25) is 0 Å². The number of carbonyl (C=O) groups excluding carboxylic acids is 1. The van der Waals surface area contributed by atoms with E-state index in [4.69, 9.17) is 19.4 Å². The normalized spacial score (nSPS) is 20.9. The lowest BCUT2D eigenvalue weighted by Crippen LogP contribution is -2.38. The number of piperidine rings is 1. The minimum atomic E-state index is -0.0829. The van der Waals surface area contributed by atoms with Gasteiger partial charge in [-0.25, -0.2) is 9.97 Å². The second-order valence-electron chi connectivity index (χ2n) is 13.1. The summed E-state index contributed by atoms with van der Waals surface area (Å²) in [5, 5.41) is 10.7. The Balaban J connectivity index is 1.23. The number of fused-ring (bicyclic) bond motifs is 4. The number of rotatable bonds is 8. The highest BCUT2D eigenvalue weighted by Crippen LogP contribution is 2.44. The lowest BCUT2D eigenvalue weighted by molar-refractivity contribution is 0.0696. The molecule has 0 spiro atoms. The van der Waals surface area contributed by atoms with Crippen LogP contribution in [0.4, 0.5) is 0 Å². The fourth-order valence-corrected chi connectivity index (χ4v) is 7.78. The third-order valence-electron chi connectivity index (χ3n) is 10.5. The zero-order chi connectivity index (χ0) is 31.0. The van der Waals surface area contributed by atoms with Crippen molar-refractivity contribution in [2.75, 3.05) is 20.8 Å². The number of hydrogen-bond acceptors (Lipinski definition) is 6. The molecule has 3 aromatic heterocycles. The first kappa shape index (κ1) is 28.1. The Kier molecular flexibility index (Phi) is 6.64. The molecule has 2 aromatic carbocycles. The van der Waals surface area contributed by atoms with Crippen LogP contribution in [-0.2, 0) is 20.2 Å². The minimum Gasteiger partial charge on any atom is -0.496 e. The summed E-state index contributed by atoms with van der Waals surface area (Å²) in [6.45, 7) is 3.90. The Bertz CT molecular complexity index is 1970. The van der Waals surface area contributed by atoms with E-state index in [0.717, 1.165) is 69.9 Å². The van der Waals surface area contributed by atoms with Crippen LogP contribution in [0.1, 0.15) is 48.5 Å². The maximum Gasteiger partial charge on any atom is 0.254 e. The zero-order valence-corrected chi connectivity index (χ0v) is 26.3. The van der Waals surface area contributed by atoms with Crippen molar-refractivity contribution in [3.63, 3.8) is 0 Å². The van der Waals surface area contributed by atoms with Crippen molar-refractivity contribution in [2.45, 2.75) is 51.8 Å². The van der Waals surface area contributed by atoms with Gasteiger partial charge in [0.2, 0.25) is 0 Å². The molecular weight excluding hydrogens is 566 g/mol. The summed E-state index contributed by atoms with van der Waals surface area (Å²) in [5.41, 5.74) is 6.67. The summed E-state index contributed by atoms with van der Waals surface area (Å²) in [5.74, 6) is 3.96. The molecule has 0 radical (unpaired) electrons. The van der Waals surface area contributed by atoms with Gasteiger partial charge in [-0.2, -0.15) is 0 Å². The molecule has 2 bridgehead atoms. The number of aromatic nitrogens is 4. The fraction of sp³-hybridized carbons (Fsp3) is 0.417. The Hall–Kier alpha value is -4.37. The molecule has 3 fully saturated rings. The van der Waals surface area contributed by atoms with Crippen LogP contribution in [0.5, 0.6) is 11.5 Å². The standard InChI is InChI=1S/C36H39N5O4/c1-20-24-10-12-29(20)41(18-24)36(43)26-13-28-33(32(16-26)45-4)39(2)35(38-28)30-14-23-9-11-27(37-34(23)40(30)17-21-5-6-21)22-7-8-25(19-42)31(15-22)44-3/h7-9,11,13-16,20-21,24,29,42H,5-6,10,12,17-19H2,1-4H3/t20-,24?,29?/m1/s1. The second kappa shape index (κ2) is 10.6. The Morgan fingerprint density at radius 2 is 1.80 bits per heavy atom. The third-order valence-corrected chi connectivity index (χ3v) is 10.5. The smallest absolute Gasteiger partial charge is 0.254 e. The number of carbonyl (C=O) groups is 1. The molecule has 2 aliphatic carbocycles. The van der Waals surface area contributed by atoms with Crippen molar-refractivity contribution >= 4 is 28.0 Å².